The van der Waals surface area contributed by atoms with Crippen molar-refractivity contribution in [1.82, 2.24) is 5.32 Å². The first-order valence-electron chi connectivity index (χ1n) is 7.09. The topological polar surface area (TPSA) is 61.7 Å². The summed E-state index contributed by atoms with van der Waals surface area (Å²) < 4.78 is 5.58. The van der Waals surface area contributed by atoms with Crippen molar-refractivity contribution in [3.63, 3.8) is 0 Å². The summed E-state index contributed by atoms with van der Waals surface area (Å²) in [4.78, 5) is 0. The molecule has 1 heterocycles. The molecule has 1 aromatic rings. The van der Waals surface area contributed by atoms with Crippen LogP contribution in [-0.2, 0) is 0 Å². The highest BCUT2D eigenvalue weighted by Gasteiger charge is 2.26. The molecule has 1 aliphatic carbocycles. The molecule has 1 aliphatic heterocycles. The molecule has 0 amide bonds. The van der Waals surface area contributed by atoms with Gasteiger partial charge in [-0.15, -0.1) is 0 Å². The van der Waals surface area contributed by atoms with Crippen molar-refractivity contribution >= 4 is 0 Å². The molecule has 0 saturated heterocycles. The van der Waals surface area contributed by atoms with Crippen LogP contribution in [0, 0.1) is 5.92 Å². The van der Waals surface area contributed by atoms with Crippen LogP contribution in [0.5, 0.6) is 11.5 Å². The van der Waals surface area contributed by atoms with Crippen molar-refractivity contribution in [2.75, 3.05) is 13.2 Å². The van der Waals surface area contributed by atoms with Gasteiger partial charge in [-0.25, -0.2) is 0 Å². The number of phenols is 1. The maximum Gasteiger partial charge on any atom is 0.127 e. The Morgan fingerprint density at radius 1 is 1.32 bits per heavy atom. The molecule has 1 saturated carbocycles. The van der Waals surface area contributed by atoms with Crippen molar-refractivity contribution < 1.29 is 14.9 Å². The van der Waals surface area contributed by atoms with Crippen molar-refractivity contribution in [2.45, 2.75) is 37.8 Å². The van der Waals surface area contributed by atoms with Gasteiger partial charge in [0.05, 0.1) is 12.1 Å². The first-order chi connectivity index (χ1) is 9.22. The summed E-state index contributed by atoms with van der Waals surface area (Å²) in [5, 5.41) is 22.6. The van der Waals surface area contributed by atoms with Gasteiger partial charge in [-0.05, 0) is 43.9 Å². The minimum absolute atomic E-state index is 0.121. The zero-order valence-electron chi connectivity index (χ0n) is 11.0. The molecule has 4 nitrogen and oxygen atoms in total. The molecule has 0 bridgehead atoms. The quantitative estimate of drug-likeness (QED) is 0.780. The van der Waals surface area contributed by atoms with Crippen molar-refractivity contribution in [3.05, 3.63) is 23.8 Å². The Morgan fingerprint density at radius 3 is 3.05 bits per heavy atom. The van der Waals surface area contributed by atoms with Crippen LogP contribution >= 0.6 is 0 Å². The maximum absolute atomic E-state index is 9.68. The summed E-state index contributed by atoms with van der Waals surface area (Å²) >= 11 is 0. The van der Waals surface area contributed by atoms with Gasteiger partial charge in [-0.3, -0.25) is 0 Å². The van der Waals surface area contributed by atoms with Crippen LogP contribution < -0.4 is 10.1 Å². The summed E-state index contributed by atoms with van der Waals surface area (Å²) in [6.07, 6.45) is 4.05. The molecule has 1 aromatic carbocycles. The third-order valence-corrected chi connectivity index (χ3v) is 4.19. The molecule has 3 rings (SSSR count). The number of aliphatic hydroxyl groups excluding tert-OH is 1. The van der Waals surface area contributed by atoms with E-state index in [0.29, 0.717) is 12.5 Å². The van der Waals surface area contributed by atoms with Gasteiger partial charge < -0.3 is 20.3 Å². The predicted octanol–water partition coefficient (Wildman–Crippen LogP) is 1.97. The number of aromatic hydroxyl groups is 1. The van der Waals surface area contributed by atoms with Crippen molar-refractivity contribution in [2.24, 2.45) is 5.92 Å². The van der Waals surface area contributed by atoms with E-state index in [-0.39, 0.29) is 17.9 Å². The van der Waals surface area contributed by atoms with Crippen LogP contribution in [0.2, 0.25) is 0 Å². The monoisotopic (exact) mass is 263 g/mol. The molecule has 1 fully saturated rings. The Kier molecular flexibility index (Phi) is 3.62. The Hall–Kier alpha value is -1.26. The Bertz CT molecular complexity index is 449. The Morgan fingerprint density at radius 2 is 2.21 bits per heavy atom. The summed E-state index contributed by atoms with van der Waals surface area (Å²) in [5.74, 6) is 1.58. The number of benzene rings is 1. The van der Waals surface area contributed by atoms with Crippen LogP contribution in [0.1, 0.15) is 37.3 Å². The van der Waals surface area contributed by atoms with E-state index in [9.17, 15) is 10.2 Å². The van der Waals surface area contributed by atoms with E-state index in [1.54, 1.807) is 12.1 Å². The molecular formula is C15H21NO3. The fourth-order valence-corrected chi connectivity index (χ4v) is 3.12. The van der Waals surface area contributed by atoms with Gasteiger partial charge in [0.25, 0.3) is 0 Å². The molecule has 2 aliphatic rings. The number of fused-ring (bicyclic) bond motifs is 1. The molecule has 19 heavy (non-hydrogen) atoms. The number of phenolic OH excluding ortho intramolecular Hbond substituents is 1. The second kappa shape index (κ2) is 5.39. The summed E-state index contributed by atoms with van der Waals surface area (Å²) in [6.45, 7) is 1.54. The molecule has 3 unspecified atom stereocenters. The average Bonchev–Trinajstić information content (AvgIpc) is 2.78. The Labute approximate surface area is 113 Å². The standard InChI is InChI=1S/C15H21NO3/c17-11-3-1-2-10(6-11)8-16-14-9-19-15-7-12(18)4-5-13(14)15/h4-5,7,10-11,14,16-18H,1-3,6,8-9H2. The summed E-state index contributed by atoms with van der Waals surface area (Å²) in [7, 11) is 0. The van der Waals surface area contributed by atoms with Gasteiger partial charge in [0.1, 0.15) is 18.1 Å². The van der Waals surface area contributed by atoms with Crippen LogP contribution in [-0.4, -0.2) is 29.5 Å². The summed E-state index contributed by atoms with van der Waals surface area (Å²) in [6, 6.07) is 5.49. The van der Waals surface area contributed by atoms with E-state index in [4.69, 9.17) is 4.74 Å². The van der Waals surface area contributed by atoms with Gasteiger partial charge in [-0.1, -0.05) is 6.42 Å². The minimum atomic E-state index is -0.121. The SMILES string of the molecule is Oc1ccc2c(c1)OCC2NCC1CCCC(O)C1. The maximum atomic E-state index is 9.68. The average molecular weight is 263 g/mol. The minimum Gasteiger partial charge on any atom is -0.508 e. The fourth-order valence-electron chi connectivity index (χ4n) is 3.12. The predicted molar refractivity (Wildman–Crippen MR) is 72.3 cm³/mol. The number of nitrogens with one attached hydrogen (secondary N) is 1. The number of hydrogen-bond donors (Lipinski definition) is 3. The first-order valence-corrected chi connectivity index (χ1v) is 7.09. The largest absolute Gasteiger partial charge is 0.508 e. The highest BCUT2D eigenvalue weighted by Crippen LogP contribution is 2.35. The van der Waals surface area contributed by atoms with Crippen LogP contribution in [0.25, 0.3) is 0 Å². The highest BCUT2D eigenvalue weighted by atomic mass is 16.5. The lowest BCUT2D eigenvalue weighted by Crippen LogP contribution is -2.32. The van der Waals surface area contributed by atoms with E-state index in [1.807, 2.05) is 6.07 Å². The molecule has 104 valence electrons. The Balaban J connectivity index is 1.57. The van der Waals surface area contributed by atoms with Crippen LogP contribution in [0.15, 0.2) is 18.2 Å². The molecular weight excluding hydrogens is 242 g/mol. The number of ether oxygens (including phenoxy) is 1. The number of hydrogen-bond acceptors (Lipinski definition) is 4. The molecule has 0 radical (unpaired) electrons. The lowest BCUT2D eigenvalue weighted by atomic mass is 9.87. The number of aliphatic hydroxyl groups is 1. The lowest BCUT2D eigenvalue weighted by Gasteiger charge is -2.27. The van der Waals surface area contributed by atoms with Crippen LogP contribution in [0.3, 0.4) is 0 Å². The van der Waals surface area contributed by atoms with Gasteiger partial charge in [-0.2, -0.15) is 0 Å². The second-order valence-electron chi connectivity index (χ2n) is 5.68. The van der Waals surface area contributed by atoms with Gasteiger partial charge in [0.2, 0.25) is 0 Å². The van der Waals surface area contributed by atoms with E-state index in [0.717, 1.165) is 37.1 Å². The van der Waals surface area contributed by atoms with Gasteiger partial charge >= 0.3 is 0 Å². The fraction of sp³-hybridized carbons (Fsp3) is 0.600. The third-order valence-electron chi connectivity index (χ3n) is 4.19. The highest BCUT2D eigenvalue weighted by molar-refractivity contribution is 5.44. The van der Waals surface area contributed by atoms with E-state index < -0.39 is 0 Å². The number of rotatable bonds is 3. The first kappa shape index (κ1) is 12.8. The zero-order chi connectivity index (χ0) is 13.2. The molecule has 3 N–H and O–H groups in total. The van der Waals surface area contributed by atoms with Gasteiger partial charge in [0.15, 0.2) is 0 Å². The molecule has 0 aromatic heterocycles. The second-order valence-corrected chi connectivity index (χ2v) is 5.68. The van der Waals surface area contributed by atoms with E-state index in [1.165, 1.54) is 6.42 Å². The summed E-state index contributed by atoms with van der Waals surface area (Å²) in [5.41, 5.74) is 1.12. The van der Waals surface area contributed by atoms with Gasteiger partial charge in [0, 0.05) is 11.6 Å². The smallest absolute Gasteiger partial charge is 0.127 e. The van der Waals surface area contributed by atoms with Crippen molar-refractivity contribution in [1.29, 1.82) is 0 Å². The lowest BCUT2D eigenvalue weighted by molar-refractivity contribution is 0.0992. The third kappa shape index (κ3) is 2.85. The van der Waals surface area contributed by atoms with Crippen molar-refractivity contribution in [3.8, 4) is 11.5 Å². The van der Waals surface area contributed by atoms with Crippen LogP contribution in [0.4, 0.5) is 0 Å². The molecule has 0 spiro atoms. The normalized spacial score (nSPS) is 29.8. The zero-order valence-corrected chi connectivity index (χ0v) is 11.0. The van der Waals surface area contributed by atoms with E-state index >= 15 is 0 Å². The molecule has 4 heteroatoms. The van der Waals surface area contributed by atoms with E-state index in [2.05, 4.69) is 5.32 Å². The molecule has 3 atom stereocenters.